The van der Waals surface area contributed by atoms with Gasteiger partial charge in [0.2, 0.25) is 11.8 Å². The molecule has 1 saturated heterocycles. The molecule has 0 bridgehead atoms. The second kappa shape index (κ2) is 13.4. The molecule has 0 saturated carbocycles. The van der Waals surface area contributed by atoms with Crippen LogP contribution in [-0.4, -0.2) is 44.8 Å². The number of anilines is 1. The van der Waals surface area contributed by atoms with E-state index in [1.807, 2.05) is 24.3 Å². The van der Waals surface area contributed by atoms with Gasteiger partial charge in [0, 0.05) is 18.8 Å². The number of piperidine rings is 1. The van der Waals surface area contributed by atoms with Gasteiger partial charge < -0.3 is 9.64 Å². The highest BCUT2D eigenvalue weighted by atomic mass is 32.2. The first-order valence-corrected chi connectivity index (χ1v) is 15.3. The number of likely N-dealkylation sites (tertiary alicyclic amines) is 1. The molecule has 5 rings (SSSR count). The molecule has 0 amide bonds. The quantitative estimate of drug-likeness (QED) is 0.182. The standard InChI is InChI=1S/C32H37F3N6OS/c1-21(2)9-10-24-7-5-6-8-27(24)29-28(32(33,34)35)30(38-31(37-29)39-43-26-19-36-41(4)20-26)42-25-13-11-22(12-14-25)23-15-17-40(3)18-16-23/h5-8,11-14,19-21,23H,9-10,15-18H2,1-4H3,(H,37,38,39). The predicted octanol–water partition coefficient (Wildman–Crippen LogP) is 8.21. The van der Waals surface area contributed by atoms with E-state index < -0.39 is 17.6 Å². The van der Waals surface area contributed by atoms with Gasteiger partial charge in [0.05, 0.1) is 16.8 Å². The van der Waals surface area contributed by atoms with Crippen molar-refractivity contribution in [1.29, 1.82) is 0 Å². The van der Waals surface area contributed by atoms with Crippen LogP contribution in [0, 0.1) is 5.92 Å². The Hall–Kier alpha value is -3.57. The Morgan fingerprint density at radius 1 is 1.02 bits per heavy atom. The summed E-state index contributed by atoms with van der Waals surface area (Å²) in [5.41, 5.74) is 1.15. The summed E-state index contributed by atoms with van der Waals surface area (Å²) in [4.78, 5) is 11.7. The molecule has 7 nitrogen and oxygen atoms in total. The Morgan fingerprint density at radius 2 is 1.74 bits per heavy atom. The van der Waals surface area contributed by atoms with Crippen molar-refractivity contribution in [2.24, 2.45) is 13.0 Å². The number of halogens is 3. The molecule has 0 aliphatic carbocycles. The maximum atomic E-state index is 14.9. The van der Waals surface area contributed by atoms with Gasteiger partial charge >= 0.3 is 6.18 Å². The summed E-state index contributed by atoms with van der Waals surface area (Å²) in [6.07, 6.45) is 2.21. The largest absolute Gasteiger partial charge is 0.438 e. The van der Waals surface area contributed by atoms with Crippen LogP contribution >= 0.6 is 11.9 Å². The number of rotatable bonds is 10. The molecule has 4 aromatic rings. The smallest absolute Gasteiger partial charge is 0.423 e. The number of nitrogens with zero attached hydrogens (tertiary/aromatic N) is 5. The van der Waals surface area contributed by atoms with Crippen molar-refractivity contribution < 1.29 is 17.9 Å². The lowest BCUT2D eigenvalue weighted by Gasteiger charge is -2.29. The van der Waals surface area contributed by atoms with Crippen molar-refractivity contribution in [2.45, 2.75) is 56.5 Å². The van der Waals surface area contributed by atoms with Gasteiger partial charge in [-0.25, -0.2) is 4.98 Å². The van der Waals surface area contributed by atoms with Crippen LogP contribution in [0.25, 0.3) is 11.3 Å². The molecule has 1 N–H and O–H groups in total. The van der Waals surface area contributed by atoms with Crippen molar-refractivity contribution in [1.82, 2.24) is 24.6 Å². The molecule has 1 aliphatic rings. The van der Waals surface area contributed by atoms with Crippen LogP contribution in [0.1, 0.15) is 55.7 Å². The molecule has 0 unspecified atom stereocenters. The zero-order valence-corrected chi connectivity index (χ0v) is 25.7. The predicted molar refractivity (Wildman–Crippen MR) is 164 cm³/mol. The number of aryl methyl sites for hydroxylation is 2. The molecule has 228 valence electrons. The third-order valence-corrected chi connectivity index (χ3v) is 8.38. The first kappa shape index (κ1) is 30.9. The number of benzene rings is 2. The monoisotopic (exact) mass is 610 g/mol. The summed E-state index contributed by atoms with van der Waals surface area (Å²) < 4.78 is 55.2. The van der Waals surface area contributed by atoms with Crippen LogP contribution in [0.5, 0.6) is 11.6 Å². The van der Waals surface area contributed by atoms with Crippen molar-refractivity contribution in [3.8, 4) is 22.9 Å². The number of alkyl halides is 3. The van der Waals surface area contributed by atoms with Gasteiger partial charge in [0.1, 0.15) is 11.3 Å². The Kier molecular flexibility index (Phi) is 9.61. The highest BCUT2D eigenvalue weighted by Gasteiger charge is 2.41. The summed E-state index contributed by atoms with van der Waals surface area (Å²) in [5.74, 6) is 0.561. The first-order valence-electron chi connectivity index (χ1n) is 14.5. The highest BCUT2D eigenvalue weighted by Crippen LogP contribution is 2.44. The van der Waals surface area contributed by atoms with Crippen LogP contribution < -0.4 is 9.46 Å². The molecule has 0 spiro atoms. The van der Waals surface area contributed by atoms with E-state index in [4.69, 9.17) is 4.74 Å². The van der Waals surface area contributed by atoms with Crippen molar-refractivity contribution in [3.05, 3.63) is 77.6 Å². The summed E-state index contributed by atoms with van der Waals surface area (Å²) in [5, 5.41) is 4.14. The second-order valence-electron chi connectivity index (χ2n) is 11.5. The molecular formula is C32H37F3N6OS. The van der Waals surface area contributed by atoms with E-state index >= 15 is 0 Å². The lowest BCUT2D eigenvalue weighted by molar-refractivity contribution is -0.138. The molecule has 43 heavy (non-hydrogen) atoms. The minimum atomic E-state index is -4.76. The van der Waals surface area contributed by atoms with E-state index in [0.29, 0.717) is 23.8 Å². The molecular weight excluding hydrogens is 573 g/mol. The number of ether oxygens (including phenoxy) is 1. The van der Waals surface area contributed by atoms with E-state index in [1.54, 1.807) is 48.4 Å². The van der Waals surface area contributed by atoms with Gasteiger partial charge in [-0.15, -0.1) is 0 Å². The number of aromatic nitrogens is 4. The Bertz CT molecular complexity index is 1510. The Balaban J connectivity index is 1.54. The average Bonchev–Trinajstić information content (AvgIpc) is 3.40. The number of hydrogen-bond donors (Lipinski definition) is 1. The summed E-state index contributed by atoms with van der Waals surface area (Å²) in [6, 6.07) is 14.5. The van der Waals surface area contributed by atoms with Crippen LogP contribution in [0.15, 0.2) is 65.8 Å². The second-order valence-corrected chi connectivity index (χ2v) is 12.3. The van der Waals surface area contributed by atoms with Crippen LogP contribution in [0.4, 0.5) is 19.1 Å². The number of nitrogens with one attached hydrogen (secondary N) is 1. The van der Waals surface area contributed by atoms with E-state index in [0.717, 1.165) is 60.3 Å². The molecule has 0 atom stereocenters. The summed E-state index contributed by atoms with van der Waals surface area (Å²) in [7, 11) is 3.90. The molecule has 3 heterocycles. The molecule has 2 aromatic heterocycles. The number of hydrogen-bond acceptors (Lipinski definition) is 7. The molecule has 1 aliphatic heterocycles. The maximum Gasteiger partial charge on any atom is 0.423 e. The fraction of sp³-hybridized carbons (Fsp3) is 0.406. The van der Waals surface area contributed by atoms with Gasteiger partial charge in [-0.1, -0.05) is 50.2 Å². The topological polar surface area (TPSA) is 68.1 Å². The summed E-state index contributed by atoms with van der Waals surface area (Å²) in [6.45, 7) is 6.23. The Morgan fingerprint density at radius 3 is 2.40 bits per heavy atom. The van der Waals surface area contributed by atoms with E-state index in [-0.39, 0.29) is 17.4 Å². The third-order valence-electron chi connectivity index (χ3n) is 7.65. The normalized spacial score (nSPS) is 14.8. The van der Waals surface area contributed by atoms with Gasteiger partial charge in [0.15, 0.2) is 0 Å². The zero-order valence-electron chi connectivity index (χ0n) is 24.9. The van der Waals surface area contributed by atoms with E-state index in [1.165, 1.54) is 0 Å². The minimum absolute atomic E-state index is 0.00783. The maximum absolute atomic E-state index is 14.9. The Labute approximate surface area is 255 Å². The fourth-order valence-electron chi connectivity index (χ4n) is 5.24. The van der Waals surface area contributed by atoms with Crippen LogP contribution in [0.3, 0.4) is 0 Å². The highest BCUT2D eigenvalue weighted by molar-refractivity contribution is 8.00. The summed E-state index contributed by atoms with van der Waals surface area (Å²) >= 11 is 1.16. The van der Waals surface area contributed by atoms with Crippen LogP contribution in [0.2, 0.25) is 0 Å². The molecule has 1 fully saturated rings. The third kappa shape index (κ3) is 7.88. The van der Waals surface area contributed by atoms with Gasteiger partial charge in [0.25, 0.3) is 0 Å². The van der Waals surface area contributed by atoms with Gasteiger partial charge in [-0.05, 0) is 92.9 Å². The van der Waals surface area contributed by atoms with Crippen molar-refractivity contribution in [3.63, 3.8) is 0 Å². The zero-order chi connectivity index (χ0) is 30.6. The van der Waals surface area contributed by atoms with E-state index in [9.17, 15) is 13.2 Å². The lowest BCUT2D eigenvalue weighted by Crippen LogP contribution is -2.29. The van der Waals surface area contributed by atoms with E-state index in [2.05, 4.69) is 45.6 Å². The minimum Gasteiger partial charge on any atom is -0.438 e. The van der Waals surface area contributed by atoms with Crippen LogP contribution in [-0.2, 0) is 19.6 Å². The SMILES string of the molecule is CC(C)CCc1ccccc1-c1nc(NSc2cnn(C)c2)nc(Oc2ccc(C3CCN(C)CC3)cc2)c1C(F)(F)F. The van der Waals surface area contributed by atoms with Crippen molar-refractivity contribution >= 4 is 17.9 Å². The molecule has 11 heteroatoms. The first-order chi connectivity index (χ1) is 20.6. The van der Waals surface area contributed by atoms with Gasteiger partial charge in [-0.3, -0.25) is 9.40 Å². The average molecular weight is 611 g/mol. The molecule has 2 aromatic carbocycles. The van der Waals surface area contributed by atoms with Crippen molar-refractivity contribution in [2.75, 3.05) is 24.9 Å². The molecule has 0 radical (unpaired) electrons. The van der Waals surface area contributed by atoms with Gasteiger partial charge in [-0.2, -0.15) is 23.3 Å². The fourth-order valence-corrected chi connectivity index (χ4v) is 5.85. The lowest BCUT2D eigenvalue weighted by atomic mass is 9.90.